The van der Waals surface area contributed by atoms with Crippen molar-refractivity contribution in [2.45, 2.75) is 39.3 Å². The van der Waals surface area contributed by atoms with Crippen molar-refractivity contribution < 1.29 is 9.59 Å². The van der Waals surface area contributed by atoms with Crippen molar-refractivity contribution in [3.05, 3.63) is 34.9 Å². The van der Waals surface area contributed by atoms with Crippen molar-refractivity contribution in [3.8, 4) is 0 Å². The smallest absolute Gasteiger partial charge is 0.321 e. The number of benzene rings is 1. The van der Waals surface area contributed by atoms with Crippen LogP contribution in [0.3, 0.4) is 0 Å². The van der Waals surface area contributed by atoms with E-state index in [1.807, 2.05) is 45.9 Å². The van der Waals surface area contributed by atoms with Crippen LogP contribution in [0.4, 0.5) is 4.79 Å². The van der Waals surface area contributed by atoms with Crippen LogP contribution in [0.2, 0.25) is 5.02 Å². The molecule has 0 aliphatic heterocycles. The van der Waals surface area contributed by atoms with Crippen molar-refractivity contribution in [1.82, 2.24) is 16.0 Å². The average molecular weight is 312 g/mol. The van der Waals surface area contributed by atoms with Crippen LogP contribution in [0, 0.1) is 0 Å². The summed E-state index contributed by atoms with van der Waals surface area (Å²) < 4.78 is 0. The van der Waals surface area contributed by atoms with Crippen LogP contribution in [-0.2, 0) is 4.79 Å². The fourth-order valence-electron chi connectivity index (χ4n) is 1.72. The predicted octanol–water partition coefficient (Wildman–Crippen LogP) is 2.61. The Kier molecular flexibility index (Phi) is 6.18. The third-order valence-electron chi connectivity index (χ3n) is 2.68. The van der Waals surface area contributed by atoms with Crippen LogP contribution in [0.15, 0.2) is 24.3 Å². The maximum atomic E-state index is 11.7. The molecule has 0 saturated heterocycles. The molecule has 0 aliphatic rings. The van der Waals surface area contributed by atoms with Crippen molar-refractivity contribution in [2.24, 2.45) is 0 Å². The van der Waals surface area contributed by atoms with Gasteiger partial charge in [0.2, 0.25) is 5.91 Å². The number of nitrogens with one attached hydrogen (secondary N) is 3. The Labute approximate surface area is 130 Å². The molecular formula is C15H22ClN3O2. The maximum Gasteiger partial charge on any atom is 0.321 e. The monoisotopic (exact) mass is 311 g/mol. The van der Waals surface area contributed by atoms with Gasteiger partial charge in [-0.3, -0.25) is 10.1 Å². The number of carbonyl (C=O) groups is 2. The van der Waals surface area contributed by atoms with Gasteiger partial charge in [-0.1, -0.05) is 29.8 Å². The first-order valence-corrected chi connectivity index (χ1v) is 7.16. The van der Waals surface area contributed by atoms with Crippen LogP contribution >= 0.6 is 11.6 Å². The van der Waals surface area contributed by atoms with Crippen molar-refractivity contribution in [2.75, 3.05) is 6.54 Å². The van der Waals surface area contributed by atoms with Gasteiger partial charge >= 0.3 is 6.03 Å². The average Bonchev–Trinajstić information content (AvgIpc) is 2.34. The molecule has 0 aromatic heterocycles. The van der Waals surface area contributed by atoms with Crippen LogP contribution in [0.5, 0.6) is 0 Å². The second-order valence-electron chi connectivity index (χ2n) is 5.88. The summed E-state index contributed by atoms with van der Waals surface area (Å²) in [6.45, 7) is 7.46. The summed E-state index contributed by atoms with van der Waals surface area (Å²) in [5.41, 5.74) is 0.522. The Morgan fingerprint density at radius 2 is 1.86 bits per heavy atom. The molecule has 116 valence electrons. The van der Waals surface area contributed by atoms with Gasteiger partial charge in [-0.15, -0.1) is 0 Å². The summed E-state index contributed by atoms with van der Waals surface area (Å²) in [5.74, 6) is -0.393. The molecular weight excluding hydrogens is 290 g/mol. The van der Waals surface area contributed by atoms with Crippen LogP contribution in [0.25, 0.3) is 0 Å². The number of halogens is 1. The third kappa shape index (κ3) is 6.60. The molecule has 0 saturated carbocycles. The van der Waals surface area contributed by atoms with Crippen molar-refractivity contribution in [3.63, 3.8) is 0 Å². The zero-order valence-electron chi connectivity index (χ0n) is 12.8. The zero-order valence-corrected chi connectivity index (χ0v) is 13.5. The molecule has 0 bridgehead atoms. The van der Waals surface area contributed by atoms with Gasteiger partial charge in [-0.25, -0.2) is 4.79 Å². The molecule has 0 fully saturated rings. The minimum atomic E-state index is -0.500. The second-order valence-corrected chi connectivity index (χ2v) is 6.28. The molecule has 3 amide bonds. The molecule has 1 rings (SSSR count). The van der Waals surface area contributed by atoms with Gasteiger partial charge in [0.15, 0.2) is 0 Å². The first-order valence-electron chi connectivity index (χ1n) is 6.79. The van der Waals surface area contributed by atoms with Gasteiger partial charge in [0.05, 0.1) is 6.54 Å². The van der Waals surface area contributed by atoms with Gasteiger partial charge in [0.1, 0.15) is 0 Å². The standard InChI is InChI=1S/C15H22ClN3O2/c1-10(11-7-5-6-8-12(11)16)17-9-13(20)18-14(21)19-15(2,3)4/h5-8,10,17H,9H2,1-4H3,(H2,18,19,20,21). The molecule has 0 heterocycles. The Bertz CT molecular complexity index is 512. The number of imide groups is 1. The van der Waals surface area contributed by atoms with E-state index in [9.17, 15) is 9.59 Å². The van der Waals surface area contributed by atoms with Crippen molar-refractivity contribution >= 4 is 23.5 Å². The topological polar surface area (TPSA) is 70.2 Å². The summed E-state index contributed by atoms with van der Waals surface area (Å²) in [4.78, 5) is 23.2. The summed E-state index contributed by atoms with van der Waals surface area (Å²) in [5, 5.41) is 8.61. The van der Waals surface area contributed by atoms with Crippen LogP contribution in [-0.4, -0.2) is 24.0 Å². The minimum Gasteiger partial charge on any atom is -0.333 e. The Morgan fingerprint density at radius 3 is 2.43 bits per heavy atom. The number of urea groups is 1. The normalized spacial score (nSPS) is 12.6. The van der Waals surface area contributed by atoms with Gasteiger partial charge in [-0.05, 0) is 39.3 Å². The molecule has 21 heavy (non-hydrogen) atoms. The van der Waals surface area contributed by atoms with Gasteiger partial charge in [0, 0.05) is 16.6 Å². The molecule has 1 unspecified atom stereocenters. The number of hydrogen-bond donors (Lipinski definition) is 3. The zero-order chi connectivity index (χ0) is 16.0. The summed E-state index contributed by atoms with van der Waals surface area (Å²) in [6.07, 6.45) is 0. The lowest BCUT2D eigenvalue weighted by Gasteiger charge is -2.20. The molecule has 5 nitrogen and oxygen atoms in total. The number of carbonyl (C=O) groups excluding carboxylic acids is 2. The van der Waals surface area contributed by atoms with Gasteiger partial charge < -0.3 is 10.6 Å². The van der Waals surface area contributed by atoms with E-state index in [1.54, 1.807) is 6.07 Å². The molecule has 1 aromatic rings. The van der Waals surface area contributed by atoms with E-state index in [1.165, 1.54) is 0 Å². The fraction of sp³-hybridized carbons (Fsp3) is 0.467. The summed E-state index contributed by atoms with van der Waals surface area (Å²) >= 11 is 6.09. The summed E-state index contributed by atoms with van der Waals surface area (Å²) in [7, 11) is 0. The van der Waals surface area contributed by atoms with E-state index in [-0.39, 0.29) is 18.1 Å². The highest BCUT2D eigenvalue weighted by Gasteiger charge is 2.16. The second kappa shape index (κ2) is 7.43. The molecule has 1 atom stereocenters. The van der Waals surface area contributed by atoms with E-state index in [0.29, 0.717) is 5.02 Å². The van der Waals surface area contributed by atoms with E-state index >= 15 is 0 Å². The number of rotatable bonds is 4. The lowest BCUT2D eigenvalue weighted by molar-refractivity contribution is -0.119. The molecule has 1 aromatic carbocycles. The third-order valence-corrected chi connectivity index (χ3v) is 3.03. The predicted molar refractivity (Wildman–Crippen MR) is 84.3 cm³/mol. The molecule has 0 radical (unpaired) electrons. The molecule has 0 spiro atoms. The van der Waals surface area contributed by atoms with Crippen molar-refractivity contribution in [1.29, 1.82) is 0 Å². The first kappa shape index (κ1) is 17.5. The quantitative estimate of drug-likeness (QED) is 0.800. The van der Waals surface area contributed by atoms with Crippen LogP contribution in [0.1, 0.15) is 39.3 Å². The summed E-state index contributed by atoms with van der Waals surface area (Å²) in [6, 6.07) is 6.84. The molecule has 6 heteroatoms. The van der Waals surface area contributed by atoms with E-state index in [4.69, 9.17) is 11.6 Å². The number of amides is 3. The Balaban J connectivity index is 2.43. The minimum absolute atomic E-state index is 0.0317. The van der Waals surface area contributed by atoms with E-state index < -0.39 is 11.9 Å². The Morgan fingerprint density at radius 1 is 1.24 bits per heavy atom. The lowest BCUT2D eigenvalue weighted by atomic mass is 10.1. The molecule has 3 N–H and O–H groups in total. The highest BCUT2D eigenvalue weighted by Crippen LogP contribution is 2.21. The lowest BCUT2D eigenvalue weighted by Crippen LogP contribution is -2.50. The van der Waals surface area contributed by atoms with Gasteiger partial charge in [-0.2, -0.15) is 0 Å². The Hall–Kier alpha value is -1.59. The van der Waals surface area contributed by atoms with E-state index in [0.717, 1.165) is 5.56 Å². The van der Waals surface area contributed by atoms with E-state index in [2.05, 4.69) is 16.0 Å². The van der Waals surface area contributed by atoms with Gasteiger partial charge in [0.25, 0.3) is 0 Å². The largest absolute Gasteiger partial charge is 0.333 e. The molecule has 0 aliphatic carbocycles. The highest BCUT2D eigenvalue weighted by molar-refractivity contribution is 6.31. The number of hydrogen-bond acceptors (Lipinski definition) is 3. The fourth-order valence-corrected chi connectivity index (χ4v) is 2.02. The first-order chi connectivity index (χ1) is 9.69. The van der Waals surface area contributed by atoms with Crippen LogP contribution < -0.4 is 16.0 Å². The highest BCUT2D eigenvalue weighted by atomic mass is 35.5. The maximum absolute atomic E-state index is 11.7. The SMILES string of the molecule is CC(NCC(=O)NC(=O)NC(C)(C)C)c1ccccc1Cl.